The highest BCUT2D eigenvalue weighted by Gasteiger charge is 2.32. The smallest absolute Gasteiger partial charge is 0.333 e. The SMILES string of the molecule is C=CC(=O)OCOc1ccc(C(=C)C2CCC(C3CCC(COC(=O)C=C)CC3)CC2)cc1. The summed E-state index contributed by atoms with van der Waals surface area (Å²) in [5.41, 5.74) is 2.34. The molecule has 3 rings (SSSR count). The van der Waals surface area contributed by atoms with Crippen LogP contribution in [0.5, 0.6) is 5.75 Å². The lowest BCUT2D eigenvalue weighted by molar-refractivity contribution is -0.144. The number of allylic oxidation sites excluding steroid dienone is 1. The molecule has 0 aliphatic heterocycles. The molecule has 0 aromatic heterocycles. The number of ether oxygens (including phenoxy) is 3. The van der Waals surface area contributed by atoms with Gasteiger partial charge in [0.1, 0.15) is 5.75 Å². The first-order valence-electron chi connectivity index (χ1n) is 12.0. The van der Waals surface area contributed by atoms with E-state index < -0.39 is 5.97 Å². The third kappa shape index (κ3) is 7.34. The number of rotatable bonds is 10. The highest BCUT2D eigenvalue weighted by molar-refractivity contribution is 5.81. The quantitative estimate of drug-likeness (QED) is 0.244. The zero-order chi connectivity index (χ0) is 23.6. The number of carbonyl (C=O) groups is 2. The van der Waals surface area contributed by atoms with Gasteiger partial charge in [-0.2, -0.15) is 0 Å². The van der Waals surface area contributed by atoms with Gasteiger partial charge in [0, 0.05) is 12.2 Å². The van der Waals surface area contributed by atoms with Crippen molar-refractivity contribution in [3.05, 3.63) is 61.7 Å². The van der Waals surface area contributed by atoms with Crippen LogP contribution in [-0.4, -0.2) is 25.3 Å². The van der Waals surface area contributed by atoms with Crippen LogP contribution in [0.4, 0.5) is 0 Å². The van der Waals surface area contributed by atoms with Gasteiger partial charge in [0.05, 0.1) is 6.61 Å². The van der Waals surface area contributed by atoms with Gasteiger partial charge in [-0.25, -0.2) is 9.59 Å². The highest BCUT2D eigenvalue weighted by atomic mass is 16.7. The Morgan fingerprint density at radius 3 is 1.94 bits per heavy atom. The van der Waals surface area contributed by atoms with E-state index in [9.17, 15) is 9.59 Å². The summed E-state index contributed by atoms with van der Waals surface area (Å²) in [4.78, 5) is 22.3. The maximum absolute atomic E-state index is 11.3. The Kier molecular flexibility index (Phi) is 9.35. The van der Waals surface area contributed by atoms with Crippen LogP contribution < -0.4 is 4.74 Å². The third-order valence-corrected chi connectivity index (χ3v) is 7.27. The summed E-state index contributed by atoms with van der Waals surface area (Å²) in [5, 5.41) is 0. The van der Waals surface area contributed by atoms with Crippen LogP contribution in [0.15, 0.2) is 56.2 Å². The molecule has 0 saturated heterocycles. The second kappa shape index (κ2) is 12.4. The fraction of sp³-hybridized carbons (Fsp3) is 0.500. The average molecular weight is 453 g/mol. The molecule has 178 valence electrons. The first-order valence-corrected chi connectivity index (χ1v) is 12.0. The molecular weight excluding hydrogens is 416 g/mol. The summed E-state index contributed by atoms with van der Waals surface area (Å²) in [6.45, 7) is 11.6. The number of esters is 2. The largest absolute Gasteiger partial charge is 0.462 e. The van der Waals surface area contributed by atoms with E-state index in [0.29, 0.717) is 24.2 Å². The van der Waals surface area contributed by atoms with Crippen LogP contribution >= 0.6 is 0 Å². The van der Waals surface area contributed by atoms with E-state index in [4.69, 9.17) is 14.2 Å². The molecule has 0 unspecified atom stereocenters. The van der Waals surface area contributed by atoms with E-state index in [1.54, 1.807) is 0 Å². The Bertz CT molecular complexity index is 824. The maximum Gasteiger partial charge on any atom is 0.333 e. The lowest BCUT2D eigenvalue weighted by atomic mass is 9.68. The molecule has 0 radical (unpaired) electrons. The number of hydrogen-bond donors (Lipinski definition) is 0. The predicted molar refractivity (Wildman–Crippen MR) is 129 cm³/mol. The van der Waals surface area contributed by atoms with Gasteiger partial charge in [-0.05, 0) is 98.3 Å². The Morgan fingerprint density at radius 2 is 1.36 bits per heavy atom. The molecule has 5 heteroatoms. The van der Waals surface area contributed by atoms with Crippen molar-refractivity contribution >= 4 is 17.5 Å². The minimum atomic E-state index is -0.502. The van der Waals surface area contributed by atoms with Gasteiger partial charge in [0.15, 0.2) is 0 Å². The second-order valence-corrected chi connectivity index (χ2v) is 9.21. The molecule has 0 heterocycles. The van der Waals surface area contributed by atoms with E-state index in [2.05, 4.69) is 19.7 Å². The van der Waals surface area contributed by atoms with E-state index in [-0.39, 0.29) is 12.8 Å². The molecule has 0 atom stereocenters. The average Bonchev–Trinajstić information content (AvgIpc) is 2.87. The van der Waals surface area contributed by atoms with Crippen molar-refractivity contribution in [1.29, 1.82) is 0 Å². The summed E-state index contributed by atoms with van der Waals surface area (Å²) < 4.78 is 15.5. The topological polar surface area (TPSA) is 61.8 Å². The normalized spacial score (nSPS) is 24.8. The Labute approximate surface area is 197 Å². The van der Waals surface area contributed by atoms with Crippen LogP contribution in [0.25, 0.3) is 5.57 Å². The minimum Gasteiger partial charge on any atom is -0.462 e. The Hall–Kier alpha value is -2.82. The molecular formula is C28H36O5. The molecule has 0 spiro atoms. The fourth-order valence-corrected chi connectivity index (χ4v) is 5.24. The van der Waals surface area contributed by atoms with Gasteiger partial charge in [0.2, 0.25) is 6.79 Å². The zero-order valence-corrected chi connectivity index (χ0v) is 19.5. The third-order valence-electron chi connectivity index (χ3n) is 7.27. The molecule has 5 nitrogen and oxygen atoms in total. The molecule has 0 amide bonds. The monoisotopic (exact) mass is 452 g/mol. The Balaban J connectivity index is 1.39. The second-order valence-electron chi connectivity index (χ2n) is 9.21. The van der Waals surface area contributed by atoms with Gasteiger partial charge in [0.25, 0.3) is 0 Å². The summed E-state index contributed by atoms with van der Waals surface area (Å²) in [5.74, 6) is 2.47. The molecule has 0 N–H and O–H groups in total. The van der Waals surface area contributed by atoms with Gasteiger partial charge in [-0.3, -0.25) is 0 Å². The summed E-state index contributed by atoms with van der Waals surface area (Å²) in [7, 11) is 0. The number of hydrogen-bond acceptors (Lipinski definition) is 5. The van der Waals surface area contributed by atoms with E-state index in [1.165, 1.54) is 50.2 Å². The standard InChI is InChI=1S/C28H36O5/c1-4-27(29)31-18-21-6-8-24(9-7-21)25-12-10-22(11-13-25)20(3)23-14-16-26(17-15-23)32-19-33-28(30)5-2/h4-5,14-17,21-22,24-25H,1-3,6-13,18-19H2. The lowest BCUT2D eigenvalue weighted by Crippen LogP contribution is -2.27. The van der Waals surface area contributed by atoms with Crippen molar-refractivity contribution in [3.63, 3.8) is 0 Å². The van der Waals surface area contributed by atoms with Crippen LogP contribution in [0.2, 0.25) is 0 Å². The van der Waals surface area contributed by atoms with Crippen molar-refractivity contribution in [2.24, 2.45) is 23.7 Å². The summed E-state index contributed by atoms with van der Waals surface area (Å²) in [6.07, 6.45) is 12.1. The van der Waals surface area contributed by atoms with Gasteiger partial charge >= 0.3 is 11.9 Å². The fourth-order valence-electron chi connectivity index (χ4n) is 5.24. The summed E-state index contributed by atoms with van der Waals surface area (Å²) >= 11 is 0. The van der Waals surface area contributed by atoms with Crippen molar-refractivity contribution in [2.45, 2.75) is 51.4 Å². The first kappa shape index (κ1) is 24.8. The van der Waals surface area contributed by atoms with Crippen molar-refractivity contribution in [1.82, 2.24) is 0 Å². The minimum absolute atomic E-state index is 0.128. The van der Waals surface area contributed by atoms with Crippen molar-refractivity contribution < 1.29 is 23.8 Å². The van der Waals surface area contributed by atoms with Crippen LogP contribution in [0.3, 0.4) is 0 Å². The van der Waals surface area contributed by atoms with Crippen LogP contribution in [-0.2, 0) is 19.1 Å². The van der Waals surface area contributed by atoms with Crippen LogP contribution in [0, 0.1) is 23.7 Å². The molecule has 2 aliphatic carbocycles. The molecule has 0 bridgehead atoms. The van der Waals surface area contributed by atoms with Crippen LogP contribution in [0.1, 0.15) is 56.9 Å². The number of benzene rings is 1. The predicted octanol–water partition coefficient (Wildman–Crippen LogP) is 6.11. The van der Waals surface area contributed by atoms with E-state index in [1.807, 2.05) is 24.3 Å². The van der Waals surface area contributed by atoms with E-state index >= 15 is 0 Å². The first-order chi connectivity index (χ1) is 16.0. The molecule has 1 aromatic carbocycles. The Morgan fingerprint density at radius 1 is 0.818 bits per heavy atom. The van der Waals surface area contributed by atoms with Crippen molar-refractivity contribution in [3.8, 4) is 5.75 Å². The van der Waals surface area contributed by atoms with Crippen molar-refractivity contribution in [2.75, 3.05) is 13.4 Å². The van der Waals surface area contributed by atoms with Gasteiger partial charge < -0.3 is 14.2 Å². The highest BCUT2D eigenvalue weighted by Crippen LogP contribution is 2.44. The maximum atomic E-state index is 11.3. The number of carbonyl (C=O) groups excluding carboxylic acids is 2. The zero-order valence-electron chi connectivity index (χ0n) is 19.5. The molecule has 2 fully saturated rings. The molecule has 2 saturated carbocycles. The molecule has 33 heavy (non-hydrogen) atoms. The lowest BCUT2D eigenvalue weighted by Gasteiger charge is -2.38. The summed E-state index contributed by atoms with van der Waals surface area (Å²) in [6, 6.07) is 7.83. The molecule has 2 aliphatic rings. The van der Waals surface area contributed by atoms with E-state index in [0.717, 1.165) is 36.3 Å². The molecule has 1 aromatic rings. The van der Waals surface area contributed by atoms with Gasteiger partial charge in [-0.15, -0.1) is 0 Å². The van der Waals surface area contributed by atoms with Gasteiger partial charge in [-0.1, -0.05) is 31.9 Å².